The summed E-state index contributed by atoms with van der Waals surface area (Å²) in [5.74, 6) is 0.00194. The van der Waals surface area contributed by atoms with Gasteiger partial charge in [0.05, 0.1) is 16.8 Å². The second-order valence-electron chi connectivity index (χ2n) is 8.28. The van der Waals surface area contributed by atoms with Crippen LogP contribution in [0.15, 0.2) is 66.7 Å². The highest BCUT2D eigenvalue weighted by atomic mass is 32.1. The van der Waals surface area contributed by atoms with E-state index in [1.54, 1.807) is 17.4 Å². The van der Waals surface area contributed by atoms with Crippen LogP contribution in [0.5, 0.6) is 0 Å². The largest absolute Gasteiger partial charge is 0.336 e. The van der Waals surface area contributed by atoms with Crippen molar-refractivity contribution in [3.05, 3.63) is 88.4 Å². The van der Waals surface area contributed by atoms with Crippen LogP contribution in [-0.2, 0) is 6.54 Å². The number of piperazine rings is 1. The quantitative estimate of drug-likeness (QED) is 0.416. The zero-order valence-corrected chi connectivity index (χ0v) is 18.3. The molecule has 0 saturated carbocycles. The van der Waals surface area contributed by atoms with Crippen molar-refractivity contribution < 1.29 is 9.59 Å². The number of hydrogen-bond acceptors (Lipinski definition) is 5. The van der Waals surface area contributed by atoms with Crippen LogP contribution in [0.3, 0.4) is 0 Å². The maximum Gasteiger partial charge on any atom is 0.253 e. The fourth-order valence-corrected chi connectivity index (χ4v) is 5.64. The van der Waals surface area contributed by atoms with Crippen molar-refractivity contribution in [3.8, 4) is 11.1 Å². The van der Waals surface area contributed by atoms with Gasteiger partial charge in [0, 0.05) is 42.9 Å². The minimum Gasteiger partial charge on any atom is -0.336 e. The SMILES string of the molecule is O=C1c2ccccc2-c2ccc(C(=O)N3CCN(Cc4nc5ccccc5s4)CC3)cc21. The summed E-state index contributed by atoms with van der Waals surface area (Å²) < 4.78 is 1.21. The number of rotatable bonds is 3. The standard InChI is InChI=1S/C26H21N3O2S/c30-25-20-6-2-1-5-18(20)19-10-9-17(15-21(19)25)26(31)29-13-11-28(12-14-29)16-24-27-22-7-3-4-8-23(22)32-24/h1-10,15H,11-14,16H2. The summed E-state index contributed by atoms with van der Waals surface area (Å²) in [6, 6.07) is 21.4. The molecule has 1 aliphatic heterocycles. The van der Waals surface area contributed by atoms with E-state index in [4.69, 9.17) is 4.98 Å². The van der Waals surface area contributed by atoms with Crippen LogP contribution >= 0.6 is 11.3 Å². The molecule has 0 bridgehead atoms. The topological polar surface area (TPSA) is 53.5 Å². The van der Waals surface area contributed by atoms with Gasteiger partial charge in [-0.15, -0.1) is 11.3 Å². The van der Waals surface area contributed by atoms with Gasteiger partial charge in [0.2, 0.25) is 0 Å². The number of hydrogen-bond donors (Lipinski definition) is 0. The summed E-state index contributed by atoms with van der Waals surface area (Å²) in [5.41, 5.74) is 4.86. The smallest absolute Gasteiger partial charge is 0.253 e. The van der Waals surface area contributed by atoms with Crippen LogP contribution in [0.25, 0.3) is 21.3 Å². The first-order valence-electron chi connectivity index (χ1n) is 10.8. The maximum atomic E-state index is 13.1. The van der Waals surface area contributed by atoms with Crippen molar-refractivity contribution >= 4 is 33.2 Å². The van der Waals surface area contributed by atoms with Gasteiger partial charge in [0.25, 0.3) is 5.91 Å². The zero-order valence-electron chi connectivity index (χ0n) is 17.5. The minimum absolute atomic E-state index is 0.00352. The molecule has 0 spiro atoms. The number of carbonyl (C=O) groups is 2. The third-order valence-electron chi connectivity index (χ3n) is 6.33. The lowest BCUT2D eigenvalue weighted by atomic mass is 10.0. The normalized spacial score (nSPS) is 15.8. The van der Waals surface area contributed by atoms with Gasteiger partial charge in [0.15, 0.2) is 5.78 Å². The lowest BCUT2D eigenvalue weighted by Gasteiger charge is -2.34. The molecule has 0 unspecified atom stereocenters. The highest BCUT2D eigenvalue weighted by Gasteiger charge is 2.29. The number of ketones is 1. The third kappa shape index (κ3) is 3.23. The molecule has 0 radical (unpaired) electrons. The Kier molecular flexibility index (Phi) is 4.63. The number of fused-ring (bicyclic) bond motifs is 4. The fraction of sp³-hybridized carbons (Fsp3) is 0.192. The van der Waals surface area contributed by atoms with Gasteiger partial charge in [-0.05, 0) is 35.4 Å². The maximum absolute atomic E-state index is 13.1. The van der Waals surface area contributed by atoms with Crippen LogP contribution in [-0.4, -0.2) is 52.7 Å². The summed E-state index contributed by atoms with van der Waals surface area (Å²) in [4.78, 5) is 34.9. The van der Waals surface area contributed by atoms with E-state index in [-0.39, 0.29) is 11.7 Å². The van der Waals surface area contributed by atoms with Crippen molar-refractivity contribution in [3.63, 3.8) is 0 Å². The molecule has 4 aromatic rings. The molecule has 2 heterocycles. The van der Waals surface area contributed by atoms with E-state index in [1.807, 2.05) is 59.5 Å². The number of nitrogens with zero attached hydrogens (tertiary/aromatic N) is 3. The number of para-hydroxylation sites is 1. The number of thiazole rings is 1. The monoisotopic (exact) mass is 439 g/mol. The first kappa shape index (κ1) is 19.3. The van der Waals surface area contributed by atoms with Crippen LogP contribution in [0.1, 0.15) is 31.3 Å². The van der Waals surface area contributed by atoms with E-state index in [9.17, 15) is 9.59 Å². The van der Waals surface area contributed by atoms with Crippen molar-refractivity contribution in [2.45, 2.75) is 6.54 Å². The average molecular weight is 440 g/mol. The predicted octanol–water partition coefficient (Wildman–Crippen LogP) is 4.47. The summed E-state index contributed by atoms with van der Waals surface area (Å²) >= 11 is 1.74. The molecule has 1 aromatic heterocycles. The minimum atomic E-state index is -0.00352. The Morgan fingerprint density at radius 2 is 1.56 bits per heavy atom. The van der Waals surface area contributed by atoms with E-state index >= 15 is 0 Å². The van der Waals surface area contributed by atoms with Gasteiger partial charge in [-0.3, -0.25) is 14.5 Å². The Hall–Kier alpha value is -3.35. The second kappa shape index (κ2) is 7.65. The van der Waals surface area contributed by atoms with Gasteiger partial charge < -0.3 is 4.90 Å². The number of benzene rings is 3. The van der Waals surface area contributed by atoms with Crippen LogP contribution in [0.4, 0.5) is 0 Å². The summed E-state index contributed by atoms with van der Waals surface area (Å²) in [6.45, 7) is 3.80. The average Bonchev–Trinajstić information content (AvgIpc) is 3.37. The molecule has 0 atom stereocenters. The van der Waals surface area contributed by atoms with Crippen LogP contribution in [0.2, 0.25) is 0 Å². The second-order valence-corrected chi connectivity index (χ2v) is 9.39. The third-order valence-corrected chi connectivity index (χ3v) is 7.35. The molecule has 3 aromatic carbocycles. The molecule has 1 saturated heterocycles. The Morgan fingerprint density at radius 3 is 2.38 bits per heavy atom. The van der Waals surface area contributed by atoms with Gasteiger partial charge in [-0.25, -0.2) is 4.98 Å². The Bertz CT molecular complexity index is 1340. The van der Waals surface area contributed by atoms with E-state index in [1.165, 1.54) is 4.70 Å². The fourth-order valence-electron chi connectivity index (χ4n) is 4.63. The highest BCUT2D eigenvalue weighted by Crippen LogP contribution is 2.37. The Morgan fingerprint density at radius 1 is 0.844 bits per heavy atom. The van der Waals surface area contributed by atoms with E-state index in [0.717, 1.165) is 46.8 Å². The Labute approximate surface area is 189 Å². The summed E-state index contributed by atoms with van der Waals surface area (Å²) in [6.07, 6.45) is 0. The molecule has 32 heavy (non-hydrogen) atoms. The molecule has 1 aliphatic carbocycles. The molecular formula is C26H21N3O2S. The number of amides is 1. The predicted molar refractivity (Wildman–Crippen MR) is 126 cm³/mol. The molecule has 158 valence electrons. The highest BCUT2D eigenvalue weighted by molar-refractivity contribution is 7.18. The molecule has 0 N–H and O–H groups in total. The molecular weight excluding hydrogens is 418 g/mol. The number of aromatic nitrogens is 1. The van der Waals surface area contributed by atoms with Crippen molar-refractivity contribution in [1.82, 2.24) is 14.8 Å². The lowest BCUT2D eigenvalue weighted by molar-refractivity contribution is 0.0628. The molecule has 1 amide bonds. The molecule has 1 fully saturated rings. The van der Waals surface area contributed by atoms with Gasteiger partial charge in [-0.2, -0.15) is 0 Å². The number of carbonyl (C=O) groups excluding carboxylic acids is 2. The first-order chi connectivity index (χ1) is 15.7. The Balaban J connectivity index is 1.14. The zero-order chi connectivity index (χ0) is 21.7. The van der Waals surface area contributed by atoms with Gasteiger partial charge in [0.1, 0.15) is 5.01 Å². The molecule has 6 heteroatoms. The van der Waals surface area contributed by atoms with Crippen molar-refractivity contribution in [1.29, 1.82) is 0 Å². The van der Waals surface area contributed by atoms with E-state index in [2.05, 4.69) is 11.0 Å². The van der Waals surface area contributed by atoms with Gasteiger partial charge in [-0.1, -0.05) is 42.5 Å². The molecule has 2 aliphatic rings. The lowest BCUT2D eigenvalue weighted by Crippen LogP contribution is -2.48. The summed E-state index contributed by atoms with van der Waals surface area (Å²) in [7, 11) is 0. The van der Waals surface area contributed by atoms with Crippen molar-refractivity contribution in [2.24, 2.45) is 0 Å². The van der Waals surface area contributed by atoms with Crippen LogP contribution in [0, 0.1) is 0 Å². The molecule has 6 rings (SSSR count). The summed E-state index contributed by atoms with van der Waals surface area (Å²) in [5, 5.41) is 1.11. The molecule has 5 nitrogen and oxygen atoms in total. The van der Waals surface area contributed by atoms with Gasteiger partial charge >= 0.3 is 0 Å². The van der Waals surface area contributed by atoms with Crippen LogP contribution < -0.4 is 0 Å². The van der Waals surface area contributed by atoms with E-state index in [0.29, 0.717) is 24.2 Å². The van der Waals surface area contributed by atoms with E-state index < -0.39 is 0 Å². The van der Waals surface area contributed by atoms with Crippen molar-refractivity contribution in [2.75, 3.05) is 26.2 Å². The first-order valence-corrected chi connectivity index (χ1v) is 11.6.